The summed E-state index contributed by atoms with van der Waals surface area (Å²) >= 11 is 17.5. The maximum atomic E-state index is 5.90. The summed E-state index contributed by atoms with van der Waals surface area (Å²) in [6.45, 7) is 0. The van der Waals surface area contributed by atoms with Crippen molar-refractivity contribution < 1.29 is 4.42 Å². The first-order valence-electron chi connectivity index (χ1n) is 3.19. The van der Waals surface area contributed by atoms with Crippen LogP contribution < -0.4 is 0 Å². The van der Waals surface area contributed by atoms with Crippen LogP contribution in [0.2, 0.25) is 15.1 Å². The Morgan fingerprint density at radius 1 is 1.00 bits per heavy atom. The molecule has 2 aromatic rings. The third-order valence-corrected chi connectivity index (χ3v) is 2.89. The SMILES string of the molecule is Clc1cc2cocc2c(Cl)c1Cl. The number of furan rings is 1. The van der Waals surface area contributed by atoms with Crippen LogP contribution in [0.5, 0.6) is 0 Å². The Balaban J connectivity index is 2.94. The third-order valence-electron chi connectivity index (χ3n) is 1.61. The predicted octanol–water partition coefficient (Wildman–Crippen LogP) is 4.39. The van der Waals surface area contributed by atoms with Crippen LogP contribution in [-0.4, -0.2) is 0 Å². The Bertz CT molecular complexity index is 433. The fourth-order valence-electron chi connectivity index (χ4n) is 1.02. The Labute approximate surface area is 83.8 Å². The zero-order chi connectivity index (χ0) is 8.72. The second-order valence-corrected chi connectivity index (χ2v) is 3.52. The molecule has 0 radical (unpaired) electrons. The van der Waals surface area contributed by atoms with Gasteiger partial charge in [-0.3, -0.25) is 0 Å². The fourth-order valence-corrected chi connectivity index (χ4v) is 1.69. The number of halogens is 3. The van der Waals surface area contributed by atoms with Crippen molar-refractivity contribution in [1.82, 2.24) is 0 Å². The van der Waals surface area contributed by atoms with Crippen molar-refractivity contribution in [2.24, 2.45) is 0 Å². The summed E-state index contributed by atoms with van der Waals surface area (Å²) in [7, 11) is 0. The normalized spacial score (nSPS) is 10.9. The maximum Gasteiger partial charge on any atom is 0.0996 e. The molecule has 0 atom stereocenters. The van der Waals surface area contributed by atoms with Gasteiger partial charge in [0.25, 0.3) is 0 Å². The zero-order valence-electron chi connectivity index (χ0n) is 5.77. The molecule has 12 heavy (non-hydrogen) atoms. The third kappa shape index (κ3) is 1.09. The van der Waals surface area contributed by atoms with Gasteiger partial charge in [0.1, 0.15) is 0 Å². The van der Waals surface area contributed by atoms with Gasteiger partial charge in [0.15, 0.2) is 0 Å². The van der Waals surface area contributed by atoms with Gasteiger partial charge in [-0.05, 0) is 6.07 Å². The number of rotatable bonds is 0. The highest BCUT2D eigenvalue weighted by molar-refractivity contribution is 6.50. The van der Waals surface area contributed by atoms with Gasteiger partial charge in [0.05, 0.1) is 27.6 Å². The molecule has 0 aliphatic carbocycles. The molecule has 0 spiro atoms. The first kappa shape index (κ1) is 8.24. The molecule has 0 bridgehead atoms. The van der Waals surface area contributed by atoms with Gasteiger partial charge in [0.2, 0.25) is 0 Å². The summed E-state index contributed by atoms with van der Waals surface area (Å²) in [5, 5.41) is 2.89. The lowest BCUT2D eigenvalue weighted by Crippen LogP contribution is -1.72. The average Bonchev–Trinajstić information content (AvgIpc) is 2.48. The van der Waals surface area contributed by atoms with Crippen LogP contribution >= 0.6 is 34.8 Å². The van der Waals surface area contributed by atoms with E-state index < -0.39 is 0 Å². The highest BCUT2D eigenvalue weighted by Crippen LogP contribution is 2.36. The van der Waals surface area contributed by atoms with Crippen LogP contribution in [0.3, 0.4) is 0 Å². The van der Waals surface area contributed by atoms with Crippen LogP contribution in [0.4, 0.5) is 0 Å². The Morgan fingerprint density at radius 3 is 2.50 bits per heavy atom. The second-order valence-electron chi connectivity index (χ2n) is 2.36. The minimum absolute atomic E-state index is 0.368. The standard InChI is InChI=1S/C8H3Cl3O/c9-6-1-4-2-12-3-5(4)7(10)8(6)11/h1-3H. The van der Waals surface area contributed by atoms with E-state index in [1.54, 1.807) is 18.6 Å². The van der Waals surface area contributed by atoms with E-state index >= 15 is 0 Å². The second kappa shape index (κ2) is 2.84. The van der Waals surface area contributed by atoms with Crippen molar-refractivity contribution in [2.45, 2.75) is 0 Å². The highest BCUT2D eigenvalue weighted by Gasteiger charge is 2.09. The topological polar surface area (TPSA) is 13.1 Å². The van der Waals surface area contributed by atoms with Gasteiger partial charge in [-0.1, -0.05) is 34.8 Å². The minimum atomic E-state index is 0.368. The summed E-state index contributed by atoms with van der Waals surface area (Å²) < 4.78 is 4.95. The van der Waals surface area contributed by atoms with E-state index in [4.69, 9.17) is 39.2 Å². The largest absolute Gasteiger partial charge is 0.471 e. The first-order valence-corrected chi connectivity index (χ1v) is 4.33. The Kier molecular flexibility index (Phi) is 1.95. The molecule has 4 heteroatoms. The molecule has 0 aliphatic rings. The lowest BCUT2D eigenvalue weighted by molar-refractivity contribution is 0.572. The van der Waals surface area contributed by atoms with Crippen molar-refractivity contribution in [1.29, 1.82) is 0 Å². The molecule has 0 aliphatic heterocycles. The van der Waals surface area contributed by atoms with Crippen LogP contribution in [-0.2, 0) is 0 Å². The molecule has 0 fully saturated rings. The van der Waals surface area contributed by atoms with Gasteiger partial charge >= 0.3 is 0 Å². The smallest absolute Gasteiger partial charge is 0.0996 e. The summed E-state index contributed by atoms with van der Waals surface area (Å²) in [5.41, 5.74) is 0. The molecule has 1 nitrogen and oxygen atoms in total. The monoisotopic (exact) mass is 220 g/mol. The number of fused-ring (bicyclic) bond motifs is 1. The average molecular weight is 221 g/mol. The lowest BCUT2D eigenvalue weighted by atomic mass is 10.2. The molecule has 1 aromatic heterocycles. The van der Waals surface area contributed by atoms with Crippen molar-refractivity contribution in [2.75, 3.05) is 0 Å². The Hall–Kier alpha value is -0.370. The molecule has 1 heterocycles. The van der Waals surface area contributed by atoms with Crippen LogP contribution in [0.25, 0.3) is 10.8 Å². The molecule has 0 amide bonds. The van der Waals surface area contributed by atoms with Crippen LogP contribution in [0.15, 0.2) is 23.0 Å². The number of hydrogen-bond donors (Lipinski definition) is 0. The summed E-state index contributed by atoms with van der Waals surface area (Å²) in [5.74, 6) is 0. The van der Waals surface area contributed by atoms with Gasteiger partial charge < -0.3 is 4.42 Å². The van der Waals surface area contributed by atoms with E-state index in [1.807, 2.05) is 0 Å². The molecule has 0 saturated heterocycles. The van der Waals surface area contributed by atoms with Crippen molar-refractivity contribution in [3.8, 4) is 0 Å². The van der Waals surface area contributed by atoms with E-state index in [0.717, 1.165) is 10.8 Å². The predicted molar refractivity (Wildman–Crippen MR) is 51.2 cm³/mol. The molecule has 0 unspecified atom stereocenters. The quantitative estimate of drug-likeness (QED) is 0.601. The molecule has 0 N–H and O–H groups in total. The van der Waals surface area contributed by atoms with E-state index in [-0.39, 0.29) is 0 Å². The molecule has 0 saturated carbocycles. The first-order chi connectivity index (χ1) is 5.70. The summed E-state index contributed by atoms with van der Waals surface area (Å²) in [6, 6.07) is 1.72. The van der Waals surface area contributed by atoms with Crippen LogP contribution in [0, 0.1) is 0 Å². The van der Waals surface area contributed by atoms with Crippen LogP contribution in [0.1, 0.15) is 0 Å². The molecule has 2 rings (SSSR count). The van der Waals surface area contributed by atoms with E-state index in [0.29, 0.717) is 15.1 Å². The summed E-state index contributed by atoms with van der Waals surface area (Å²) in [6.07, 6.45) is 3.11. The van der Waals surface area contributed by atoms with Gasteiger partial charge in [-0.2, -0.15) is 0 Å². The molecular weight excluding hydrogens is 218 g/mol. The number of benzene rings is 1. The molecule has 1 aromatic carbocycles. The van der Waals surface area contributed by atoms with Crippen molar-refractivity contribution >= 4 is 45.6 Å². The highest BCUT2D eigenvalue weighted by atomic mass is 35.5. The van der Waals surface area contributed by atoms with E-state index in [1.165, 1.54) is 0 Å². The van der Waals surface area contributed by atoms with Crippen molar-refractivity contribution in [3.05, 3.63) is 33.7 Å². The van der Waals surface area contributed by atoms with Crippen molar-refractivity contribution in [3.63, 3.8) is 0 Å². The fraction of sp³-hybridized carbons (Fsp3) is 0. The van der Waals surface area contributed by atoms with E-state index in [2.05, 4.69) is 0 Å². The maximum absolute atomic E-state index is 5.90. The zero-order valence-corrected chi connectivity index (χ0v) is 8.04. The minimum Gasteiger partial charge on any atom is -0.471 e. The molecule has 62 valence electrons. The van der Waals surface area contributed by atoms with Gasteiger partial charge in [-0.25, -0.2) is 0 Å². The van der Waals surface area contributed by atoms with Gasteiger partial charge in [0, 0.05) is 10.8 Å². The lowest BCUT2D eigenvalue weighted by Gasteiger charge is -1.98. The van der Waals surface area contributed by atoms with Gasteiger partial charge in [-0.15, -0.1) is 0 Å². The molecular formula is C8H3Cl3O. The van der Waals surface area contributed by atoms with E-state index in [9.17, 15) is 0 Å². The Morgan fingerprint density at radius 2 is 1.75 bits per heavy atom. The number of hydrogen-bond acceptors (Lipinski definition) is 1. The summed E-state index contributed by atoms with van der Waals surface area (Å²) in [4.78, 5) is 0.